The molecule has 0 aliphatic carbocycles. The smallest absolute Gasteiger partial charge is 0.338 e. The molecule has 0 saturated carbocycles. The Morgan fingerprint density at radius 1 is 1.10 bits per heavy atom. The van der Waals surface area contributed by atoms with Gasteiger partial charge >= 0.3 is 5.97 Å². The van der Waals surface area contributed by atoms with E-state index >= 15 is 0 Å². The van der Waals surface area contributed by atoms with E-state index in [4.69, 9.17) is 9.47 Å². The maximum atomic E-state index is 12.6. The van der Waals surface area contributed by atoms with Gasteiger partial charge in [-0.05, 0) is 73.7 Å². The van der Waals surface area contributed by atoms with E-state index in [0.29, 0.717) is 35.0 Å². The fourth-order valence-corrected chi connectivity index (χ4v) is 2.69. The zero-order chi connectivity index (χ0) is 21.5. The van der Waals surface area contributed by atoms with Crippen molar-refractivity contribution in [1.82, 2.24) is 20.2 Å². The molecule has 0 spiro atoms. The molecule has 0 radical (unpaired) electrons. The number of nitrogens with zero attached hydrogens (tertiary/aromatic N) is 4. The summed E-state index contributed by atoms with van der Waals surface area (Å²) in [7, 11) is 0. The summed E-state index contributed by atoms with van der Waals surface area (Å²) in [6.07, 6.45) is 0. The SMILES string of the molecule is CCOC(=O)c1ccc(NC(=O)c2cccc(OCc3nnnn3C(C)C)c2)cc1. The zero-order valence-electron chi connectivity index (χ0n) is 17.0. The van der Waals surface area contributed by atoms with E-state index in [-0.39, 0.29) is 18.6 Å². The highest BCUT2D eigenvalue weighted by molar-refractivity contribution is 6.04. The summed E-state index contributed by atoms with van der Waals surface area (Å²) < 4.78 is 12.4. The van der Waals surface area contributed by atoms with E-state index in [1.165, 1.54) is 0 Å². The van der Waals surface area contributed by atoms with Gasteiger partial charge in [-0.2, -0.15) is 0 Å². The Kier molecular flexibility index (Phi) is 6.74. The molecule has 0 atom stereocenters. The predicted octanol–water partition coefficient (Wildman–Crippen LogP) is 3.26. The second-order valence-corrected chi connectivity index (χ2v) is 6.70. The first-order valence-corrected chi connectivity index (χ1v) is 9.56. The van der Waals surface area contributed by atoms with Crippen LogP contribution in [0.5, 0.6) is 5.75 Å². The highest BCUT2D eigenvalue weighted by atomic mass is 16.5. The molecule has 0 aliphatic rings. The molecule has 0 bridgehead atoms. The monoisotopic (exact) mass is 409 g/mol. The van der Waals surface area contributed by atoms with Crippen LogP contribution in [0.3, 0.4) is 0 Å². The van der Waals surface area contributed by atoms with Crippen molar-refractivity contribution in [3.8, 4) is 5.75 Å². The van der Waals surface area contributed by atoms with Gasteiger partial charge in [-0.25, -0.2) is 9.48 Å². The van der Waals surface area contributed by atoms with Gasteiger partial charge in [0.1, 0.15) is 12.4 Å². The lowest BCUT2D eigenvalue weighted by Gasteiger charge is -2.10. The molecular formula is C21H23N5O4. The molecule has 156 valence electrons. The van der Waals surface area contributed by atoms with Crippen LogP contribution >= 0.6 is 0 Å². The molecule has 0 unspecified atom stereocenters. The second-order valence-electron chi connectivity index (χ2n) is 6.70. The van der Waals surface area contributed by atoms with Crippen molar-refractivity contribution in [3.63, 3.8) is 0 Å². The highest BCUT2D eigenvalue weighted by Crippen LogP contribution is 2.17. The van der Waals surface area contributed by atoms with Crippen LogP contribution in [0.15, 0.2) is 48.5 Å². The number of hydrogen-bond acceptors (Lipinski definition) is 7. The third-order valence-electron chi connectivity index (χ3n) is 4.17. The predicted molar refractivity (Wildman–Crippen MR) is 109 cm³/mol. The first-order valence-electron chi connectivity index (χ1n) is 9.56. The van der Waals surface area contributed by atoms with E-state index in [1.54, 1.807) is 60.1 Å². The minimum Gasteiger partial charge on any atom is -0.486 e. The summed E-state index contributed by atoms with van der Waals surface area (Å²) >= 11 is 0. The summed E-state index contributed by atoms with van der Waals surface area (Å²) in [4.78, 5) is 24.3. The zero-order valence-corrected chi connectivity index (χ0v) is 17.0. The maximum absolute atomic E-state index is 12.6. The van der Waals surface area contributed by atoms with Gasteiger partial charge in [-0.15, -0.1) is 5.10 Å². The Hall–Kier alpha value is -3.75. The fourth-order valence-electron chi connectivity index (χ4n) is 2.69. The molecule has 0 fully saturated rings. The number of hydrogen-bond donors (Lipinski definition) is 1. The number of esters is 1. The van der Waals surface area contributed by atoms with Gasteiger partial charge in [0.15, 0.2) is 5.82 Å². The van der Waals surface area contributed by atoms with Gasteiger partial charge in [0, 0.05) is 11.3 Å². The Labute approximate surface area is 174 Å². The van der Waals surface area contributed by atoms with E-state index < -0.39 is 5.97 Å². The molecule has 1 N–H and O–H groups in total. The van der Waals surface area contributed by atoms with Crippen LogP contribution < -0.4 is 10.1 Å². The van der Waals surface area contributed by atoms with Crippen LogP contribution in [0, 0.1) is 0 Å². The van der Waals surface area contributed by atoms with E-state index in [1.807, 2.05) is 13.8 Å². The van der Waals surface area contributed by atoms with E-state index in [0.717, 1.165) is 0 Å². The first kappa shape index (κ1) is 21.0. The molecule has 30 heavy (non-hydrogen) atoms. The summed E-state index contributed by atoms with van der Waals surface area (Å²) in [5.41, 5.74) is 1.43. The van der Waals surface area contributed by atoms with Crippen LogP contribution in [-0.2, 0) is 11.3 Å². The van der Waals surface area contributed by atoms with Crippen molar-refractivity contribution in [2.75, 3.05) is 11.9 Å². The van der Waals surface area contributed by atoms with Crippen LogP contribution in [0.1, 0.15) is 53.4 Å². The lowest BCUT2D eigenvalue weighted by Crippen LogP contribution is -2.13. The number of aromatic nitrogens is 4. The van der Waals surface area contributed by atoms with Crippen LogP contribution in [-0.4, -0.2) is 38.7 Å². The van der Waals surface area contributed by atoms with Gasteiger partial charge in [0.05, 0.1) is 18.2 Å². The Bertz CT molecular complexity index is 1010. The van der Waals surface area contributed by atoms with Gasteiger partial charge in [-0.1, -0.05) is 6.07 Å². The Morgan fingerprint density at radius 3 is 2.57 bits per heavy atom. The molecule has 3 aromatic rings. The Balaban J connectivity index is 1.63. The number of anilines is 1. The lowest BCUT2D eigenvalue weighted by atomic mass is 10.1. The van der Waals surface area contributed by atoms with Crippen molar-refractivity contribution in [3.05, 3.63) is 65.5 Å². The highest BCUT2D eigenvalue weighted by Gasteiger charge is 2.12. The molecule has 3 rings (SSSR count). The Morgan fingerprint density at radius 2 is 1.87 bits per heavy atom. The molecular weight excluding hydrogens is 386 g/mol. The third kappa shape index (κ3) is 5.19. The number of carbonyl (C=O) groups excluding carboxylic acids is 2. The average Bonchev–Trinajstić information content (AvgIpc) is 3.22. The normalized spacial score (nSPS) is 10.7. The van der Waals surface area contributed by atoms with Crippen LogP contribution in [0.4, 0.5) is 5.69 Å². The summed E-state index contributed by atoms with van der Waals surface area (Å²) in [5, 5.41) is 14.4. The van der Waals surface area contributed by atoms with Gasteiger partial charge in [0.2, 0.25) is 0 Å². The molecule has 0 aliphatic heterocycles. The quantitative estimate of drug-likeness (QED) is 0.569. The number of amides is 1. The van der Waals surface area contributed by atoms with E-state index in [2.05, 4.69) is 20.8 Å². The number of ether oxygens (including phenoxy) is 2. The molecule has 2 aromatic carbocycles. The maximum Gasteiger partial charge on any atom is 0.338 e. The molecule has 1 heterocycles. The van der Waals surface area contributed by atoms with Crippen LogP contribution in [0.25, 0.3) is 0 Å². The number of carbonyl (C=O) groups is 2. The minimum atomic E-state index is -0.399. The first-order chi connectivity index (χ1) is 14.5. The molecule has 9 nitrogen and oxygen atoms in total. The lowest BCUT2D eigenvalue weighted by molar-refractivity contribution is 0.0526. The fraction of sp³-hybridized carbons (Fsp3) is 0.286. The molecule has 9 heteroatoms. The van der Waals surface area contributed by atoms with Crippen molar-refractivity contribution in [1.29, 1.82) is 0 Å². The number of tetrazole rings is 1. The van der Waals surface area contributed by atoms with Crippen molar-refractivity contribution < 1.29 is 19.1 Å². The standard InChI is InChI=1S/C21H23N5O4/c1-4-29-21(28)15-8-10-17(11-9-15)22-20(27)16-6-5-7-18(12-16)30-13-19-23-24-25-26(19)14(2)3/h5-12,14H,4,13H2,1-3H3,(H,22,27). The van der Waals surface area contributed by atoms with Gasteiger partial charge in [-0.3, -0.25) is 4.79 Å². The third-order valence-corrected chi connectivity index (χ3v) is 4.17. The molecule has 1 amide bonds. The topological polar surface area (TPSA) is 108 Å². The van der Waals surface area contributed by atoms with Crippen molar-refractivity contribution in [2.24, 2.45) is 0 Å². The molecule has 1 aromatic heterocycles. The minimum absolute atomic E-state index is 0.117. The van der Waals surface area contributed by atoms with Crippen LogP contribution in [0.2, 0.25) is 0 Å². The van der Waals surface area contributed by atoms with Gasteiger partial charge < -0.3 is 14.8 Å². The molecule has 0 saturated heterocycles. The van der Waals surface area contributed by atoms with Crippen molar-refractivity contribution >= 4 is 17.6 Å². The number of benzene rings is 2. The average molecular weight is 409 g/mol. The largest absolute Gasteiger partial charge is 0.486 e. The van der Waals surface area contributed by atoms with Crippen molar-refractivity contribution in [2.45, 2.75) is 33.4 Å². The summed E-state index contributed by atoms with van der Waals surface area (Å²) in [6.45, 7) is 6.19. The second kappa shape index (κ2) is 9.64. The summed E-state index contributed by atoms with van der Waals surface area (Å²) in [5.74, 6) is 0.431. The van der Waals surface area contributed by atoms with Gasteiger partial charge in [0.25, 0.3) is 5.91 Å². The summed E-state index contributed by atoms with van der Waals surface area (Å²) in [6, 6.07) is 13.4. The number of nitrogens with one attached hydrogen (secondary N) is 1. The number of rotatable bonds is 8. The van der Waals surface area contributed by atoms with E-state index in [9.17, 15) is 9.59 Å².